The summed E-state index contributed by atoms with van der Waals surface area (Å²) in [6, 6.07) is 12.1. The molecule has 0 saturated carbocycles. The van der Waals surface area contributed by atoms with Gasteiger partial charge in [0, 0.05) is 20.3 Å². The number of anilines is 2. The van der Waals surface area contributed by atoms with E-state index in [-0.39, 0.29) is 5.69 Å². The number of hydrogen-bond donors (Lipinski definition) is 2. The summed E-state index contributed by atoms with van der Waals surface area (Å²) >= 11 is 0. The van der Waals surface area contributed by atoms with Crippen molar-refractivity contribution in [2.75, 3.05) is 30.9 Å². The van der Waals surface area contributed by atoms with Crippen molar-refractivity contribution >= 4 is 17.4 Å². The maximum Gasteiger partial charge on any atom is 0.276 e. The monoisotopic (exact) mass is 311 g/mol. The average Bonchev–Trinajstić information content (AvgIpc) is 2.59. The molecule has 2 rings (SSSR count). The van der Waals surface area contributed by atoms with Crippen molar-refractivity contribution in [2.45, 2.75) is 6.42 Å². The van der Waals surface area contributed by atoms with Crippen LogP contribution in [0.5, 0.6) is 0 Å². The van der Waals surface area contributed by atoms with Crippen LogP contribution in [0.2, 0.25) is 0 Å². The molecule has 7 heteroatoms. The van der Waals surface area contributed by atoms with Crippen LogP contribution in [0.3, 0.4) is 0 Å². The number of hydrogen-bond acceptors (Lipinski definition) is 6. The number of aromatic nitrogens is 2. The molecule has 0 saturated heterocycles. The van der Waals surface area contributed by atoms with Gasteiger partial charge in [-0.1, -0.05) is 12.1 Å². The number of benzene rings is 1. The number of ether oxygens (including phenoxy) is 1. The van der Waals surface area contributed by atoms with E-state index in [0.29, 0.717) is 30.2 Å². The van der Waals surface area contributed by atoms with E-state index >= 15 is 0 Å². The third kappa shape index (κ3) is 4.76. The van der Waals surface area contributed by atoms with Gasteiger partial charge in [-0.15, -0.1) is 10.2 Å². The number of rotatable bonds is 7. The molecule has 2 N–H and O–H groups in total. The molecule has 1 amide bonds. The van der Waals surface area contributed by atoms with Gasteiger partial charge >= 0.3 is 0 Å². The summed E-state index contributed by atoms with van der Waals surface area (Å²) in [5, 5.41) is 22.6. The summed E-state index contributed by atoms with van der Waals surface area (Å²) in [7, 11) is 1.65. The van der Waals surface area contributed by atoms with Gasteiger partial charge in [0.2, 0.25) is 0 Å². The minimum atomic E-state index is -0.411. The first-order valence-electron chi connectivity index (χ1n) is 7.11. The molecule has 0 bridgehead atoms. The first-order valence-corrected chi connectivity index (χ1v) is 7.11. The van der Waals surface area contributed by atoms with Gasteiger partial charge in [-0.25, -0.2) is 0 Å². The molecule has 1 heterocycles. The molecular weight excluding hydrogens is 294 g/mol. The standard InChI is InChI=1S/C16H17N5O2/c1-23-10-4-9-18-15-8-7-14(20-21-15)16(22)19-13-6-3-2-5-12(13)11-17/h2-3,5-8H,4,9-10H2,1H3,(H,18,21)(H,19,22). The lowest BCUT2D eigenvalue weighted by atomic mass is 10.2. The molecular formula is C16H17N5O2. The number of nitriles is 1. The molecule has 1 aromatic carbocycles. The molecule has 0 radical (unpaired) electrons. The first kappa shape index (κ1) is 16.4. The van der Waals surface area contributed by atoms with Crippen molar-refractivity contribution in [2.24, 2.45) is 0 Å². The van der Waals surface area contributed by atoms with Crippen LogP contribution in [0.4, 0.5) is 11.5 Å². The molecule has 118 valence electrons. The van der Waals surface area contributed by atoms with Gasteiger partial charge in [-0.3, -0.25) is 4.79 Å². The molecule has 2 aromatic rings. The summed E-state index contributed by atoms with van der Waals surface area (Å²) in [6.07, 6.45) is 0.853. The van der Waals surface area contributed by atoms with Crippen molar-refractivity contribution in [3.63, 3.8) is 0 Å². The topological polar surface area (TPSA) is 99.9 Å². The normalized spacial score (nSPS) is 9.91. The molecule has 23 heavy (non-hydrogen) atoms. The smallest absolute Gasteiger partial charge is 0.276 e. The highest BCUT2D eigenvalue weighted by atomic mass is 16.5. The minimum Gasteiger partial charge on any atom is -0.385 e. The van der Waals surface area contributed by atoms with Gasteiger partial charge in [0.1, 0.15) is 11.9 Å². The highest BCUT2D eigenvalue weighted by Gasteiger charge is 2.10. The van der Waals surface area contributed by atoms with Gasteiger partial charge < -0.3 is 15.4 Å². The summed E-state index contributed by atoms with van der Waals surface area (Å²) in [5.74, 6) is 0.182. The van der Waals surface area contributed by atoms with Crippen LogP contribution in [0.15, 0.2) is 36.4 Å². The third-order valence-corrected chi connectivity index (χ3v) is 3.02. The van der Waals surface area contributed by atoms with Gasteiger partial charge in [0.05, 0.1) is 11.3 Å². The van der Waals surface area contributed by atoms with Crippen LogP contribution in [0, 0.1) is 11.3 Å². The molecule has 0 aliphatic heterocycles. The van der Waals surface area contributed by atoms with Crippen molar-refractivity contribution in [1.29, 1.82) is 5.26 Å². The van der Waals surface area contributed by atoms with Crippen LogP contribution in [-0.4, -0.2) is 36.4 Å². The Hall–Kier alpha value is -2.98. The molecule has 0 aliphatic rings. The number of nitrogens with one attached hydrogen (secondary N) is 2. The van der Waals surface area contributed by atoms with Crippen LogP contribution in [0.25, 0.3) is 0 Å². The van der Waals surface area contributed by atoms with Gasteiger partial charge in [-0.05, 0) is 30.7 Å². The zero-order chi connectivity index (χ0) is 16.5. The van der Waals surface area contributed by atoms with Crippen molar-refractivity contribution < 1.29 is 9.53 Å². The SMILES string of the molecule is COCCCNc1ccc(C(=O)Nc2ccccc2C#N)nn1. The number of nitrogens with zero attached hydrogens (tertiary/aromatic N) is 3. The molecule has 0 atom stereocenters. The quantitative estimate of drug-likeness (QED) is 0.759. The van der Waals surface area contributed by atoms with E-state index in [2.05, 4.69) is 20.8 Å². The lowest BCUT2D eigenvalue weighted by molar-refractivity contribution is 0.102. The van der Waals surface area contributed by atoms with Crippen molar-refractivity contribution in [3.8, 4) is 6.07 Å². The number of carbonyl (C=O) groups excluding carboxylic acids is 1. The fraction of sp³-hybridized carbons (Fsp3) is 0.250. The molecule has 0 aliphatic carbocycles. The Labute approximate surface area is 134 Å². The zero-order valence-corrected chi connectivity index (χ0v) is 12.7. The maximum absolute atomic E-state index is 12.1. The molecule has 7 nitrogen and oxygen atoms in total. The zero-order valence-electron chi connectivity index (χ0n) is 12.7. The number of para-hydroxylation sites is 1. The Morgan fingerprint density at radius 2 is 2.09 bits per heavy atom. The first-order chi connectivity index (χ1) is 11.2. The molecule has 0 unspecified atom stereocenters. The van der Waals surface area contributed by atoms with E-state index in [1.807, 2.05) is 6.07 Å². The summed E-state index contributed by atoms with van der Waals surface area (Å²) in [4.78, 5) is 12.1. The Morgan fingerprint density at radius 1 is 1.26 bits per heavy atom. The molecule has 0 spiro atoms. The Balaban J connectivity index is 1.96. The second-order valence-electron chi connectivity index (χ2n) is 4.69. The van der Waals surface area contributed by atoms with Crippen LogP contribution in [0.1, 0.15) is 22.5 Å². The summed E-state index contributed by atoms with van der Waals surface area (Å²) < 4.78 is 4.95. The van der Waals surface area contributed by atoms with E-state index in [1.165, 1.54) is 0 Å². The second kappa shape index (κ2) is 8.46. The fourth-order valence-corrected chi connectivity index (χ4v) is 1.86. The van der Waals surface area contributed by atoms with E-state index in [1.54, 1.807) is 43.5 Å². The number of amides is 1. The van der Waals surface area contributed by atoms with Gasteiger partial charge in [0.25, 0.3) is 5.91 Å². The molecule has 1 aromatic heterocycles. The number of carbonyl (C=O) groups is 1. The minimum absolute atomic E-state index is 0.181. The lowest BCUT2D eigenvalue weighted by Crippen LogP contribution is -2.16. The third-order valence-electron chi connectivity index (χ3n) is 3.02. The van der Waals surface area contributed by atoms with Crippen molar-refractivity contribution in [3.05, 3.63) is 47.7 Å². The Morgan fingerprint density at radius 3 is 2.78 bits per heavy atom. The van der Waals surface area contributed by atoms with Crippen LogP contribution >= 0.6 is 0 Å². The lowest BCUT2D eigenvalue weighted by Gasteiger charge is -2.07. The summed E-state index contributed by atoms with van der Waals surface area (Å²) in [5.41, 5.74) is 1.02. The van der Waals surface area contributed by atoms with E-state index in [0.717, 1.165) is 6.42 Å². The highest BCUT2D eigenvalue weighted by molar-refractivity contribution is 6.03. The summed E-state index contributed by atoms with van der Waals surface area (Å²) in [6.45, 7) is 1.38. The van der Waals surface area contributed by atoms with E-state index in [4.69, 9.17) is 10.00 Å². The largest absolute Gasteiger partial charge is 0.385 e. The predicted molar refractivity (Wildman–Crippen MR) is 86.1 cm³/mol. The Bertz CT molecular complexity index is 694. The average molecular weight is 311 g/mol. The maximum atomic E-state index is 12.1. The fourth-order valence-electron chi connectivity index (χ4n) is 1.86. The number of methoxy groups -OCH3 is 1. The van der Waals surface area contributed by atoms with E-state index < -0.39 is 5.91 Å². The van der Waals surface area contributed by atoms with Gasteiger partial charge in [-0.2, -0.15) is 5.26 Å². The highest BCUT2D eigenvalue weighted by Crippen LogP contribution is 2.14. The van der Waals surface area contributed by atoms with E-state index in [9.17, 15) is 4.79 Å². The van der Waals surface area contributed by atoms with Crippen LogP contribution < -0.4 is 10.6 Å². The predicted octanol–water partition coefficient (Wildman–Crippen LogP) is 2.05. The molecule has 0 fully saturated rings. The Kier molecular flexibility index (Phi) is 6.03. The second-order valence-corrected chi connectivity index (χ2v) is 4.69. The van der Waals surface area contributed by atoms with Crippen molar-refractivity contribution in [1.82, 2.24) is 10.2 Å². The van der Waals surface area contributed by atoms with Gasteiger partial charge in [0.15, 0.2) is 5.69 Å². The van der Waals surface area contributed by atoms with Crippen LogP contribution in [-0.2, 0) is 4.74 Å².